The third kappa shape index (κ3) is 3.27. The Labute approximate surface area is 132 Å². The second kappa shape index (κ2) is 5.90. The number of carbonyl (C=O) groups is 1. The van der Waals surface area contributed by atoms with E-state index in [0.717, 1.165) is 28.7 Å². The van der Waals surface area contributed by atoms with E-state index in [1.54, 1.807) is 0 Å². The first-order valence-corrected chi connectivity index (χ1v) is 7.80. The lowest BCUT2D eigenvalue weighted by atomic mass is 9.98. The summed E-state index contributed by atoms with van der Waals surface area (Å²) in [6.45, 7) is 1.45. The second-order valence-corrected chi connectivity index (χ2v) is 6.31. The van der Waals surface area contributed by atoms with Crippen molar-refractivity contribution in [1.29, 1.82) is 0 Å². The number of rotatable bonds is 2. The Morgan fingerprint density at radius 2 is 1.90 bits per heavy atom. The lowest BCUT2D eigenvalue weighted by Gasteiger charge is -2.29. The Hall–Kier alpha value is -1.81. The summed E-state index contributed by atoms with van der Waals surface area (Å²) in [6.07, 6.45) is 1.35. The van der Waals surface area contributed by atoms with Crippen molar-refractivity contribution in [2.45, 2.75) is 19.4 Å². The molecule has 21 heavy (non-hydrogen) atoms. The van der Waals surface area contributed by atoms with Gasteiger partial charge in [0.05, 0.1) is 6.42 Å². The van der Waals surface area contributed by atoms with E-state index in [4.69, 9.17) is 5.73 Å². The van der Waals surface area contributed by atoms with Gasteiger partial charge in [0.25, 0.3) is 0 Å². The summed E-state index contributed by atoms with van der Waals surface area (Å²) in [5.74, 6) is 0.172. The molecule has 108 valence electrons. The average molecular weight is 345 g/mol. The van der Waals surface area contributed by atoms with Gasteiger partial charge < -0.3 is 10.6 Å². The van der Waals surface area contributed by atoms with Crippen LogP contribution in [0.4, 0.5) is 5.69 Å². The van der Waals surface area contributed by atoms with Crippen molar-refractivity contribution >= 4 is 27.5 Å². The zero-order valence-electron chi connectivity index (χ0n) is 11.7. The first kappa shape index (κ1) is 14.1. The van der Waals surface area contributed by atoms with Gasteiger partial charge in [-0.25, -0.2) is 0 Å². The minimum atomic E-state index is 0.172. The van der Waals surface area contributed by atoms with Crippen molar-refractivity contribution in [2.75, 3.05) is 12.3 Å². The predicted molar refractivity (Wildman–Crippen MR) is 87.8 cm³/mol. The third-order valence-electron chi connectivity index (χ3n) is 3.86. The number of nitrogen functional groups attached to an aromatic ring is 1. The summed E-state index contributed by atoms with van der Waals surface area (Å²) in [4.78, 5) is 14.4. The van der Waals surface area contributed by atoms with Crippen molar-refractivity contribution in [3.05, 3.63) is 63.6 Å². The molecular formula is C17H17BrN2O. The van der Waals surface area contributed by atoms with Crippen LogP contribution in [-0.4, -0.2) is 17.4 Å². The van der Waals surface area contributed by atoms with Crippen LogP contribution >= 0.6 is 15.9 Å². The van der Waals surface area contributed by atoms with Crippen LogP contribution in [0.2, 0.25) is 0 Å². The Balaban J connectivity index is 1.70. The number of amides is 1. The molecule has 0 spiro atoms. The zero-order chi connectivity index (χ0) is 14.8. The highest BCUT2D eigenvalue weighted by atomic mass is 79.9. The lowest BCUT2D eigenvalue weighted by molar-refractivity contribution is -0.131. The van der Waals surface area contributed by atoms with Gasteiger partial charge in [-0.1, -0.05) is 34.1 Å². The number of anilines is 1. The third-order valence-corrected chi connectivity index (χ3v) is 4.39. The first-order valence-electron chi connectivity index (χ1n) is 7.01. The minimum Gasteiger partial charge on any atom is -0.399 e. The van der Waals surface area contributed by atoms with Crippen molar-refractivity contribution in [1.82, 2.24) is 4.90 Å². The number of halogens is 1. The number of nitrogens with zero attached hydrogens (tertiary/aromatic N) is 1. The predicted octanol–water partition coefficient (Wildman–Crippen LogP) is 3.16. The summed E-state index contributed by atoms with van der Waals surface area (Å²) in [5, 5.41) is 0. The molecule has 3 nitrogen and oxygen atoms in total. The van der Waals surface area contributed by atoms with Crippen molar-refractivity contribution in [2.24, 2.45) is 0 Å². The van der Waals surface area contributed by atoms with Crippen LogP contribution in [0.25, 0.3) is 0 Å². The maximum atomic E-state index is 12.4. The normalized spacial score (nSPS) is 13.9. The SMILES string of the molecule is Nc1ccc2c(c1)CN(C(=O)Cc1ccc(Br)cc1)CC2. The molecule has 0 aromatic heterocycles. The van der Waals surface area contributed by atoms with E-state index >= 15 is 0 Å². The Morgan fingerprint density at radius 1 is 1.14 bits per heavy atom. The van der Waals surface area contributed by atoms with E-state index in [2.05, 4.69) is 22.0 Å². The van der Waals surface area contributed by atoms with Gasteiger partial charge in [-0.05, 0) is 47.4 Å². The highest BCUT2D eigenvalue weighted by Crippen LogP contribution is 2.22. The maximum absolute atomic E-state index is 12.4. The molecule has 0 saturated heterocycles. The van der Waals surface area contributed by atoms with Crippen LogP contribution in [0.1, 0.15) is 16.7 Å². The molecule has 0 fully saturated rings. The fourth-order valence-corrected chi connectivity index (χ4v) is 2.94. The highest BCUT2D eigenvalue weighted by molar-refractivity contribution is 9.10. The monoisotopic (exact) mass is 344 g/mol. The summed E-state index contributed by atoms with van der Waals surface area (Å²) in [6, 6.07) is 13.9. The molecule has 3 rings (SSSR count). The standard InChI is InChI=1S/C17H17BrN2O/c18-15-4-1-12(2-5-15)9-17(21)20-8-7-13-3-6-16(19)10-14(13)11-20/h1-6,10H,7-9,11,19H2. The minimum absolute atomic E-state index is 0.172. The highest BCUT2D eigenvalue weighted by Gasteiger charge is 2.20. The van der Waals surface area contributed by atoms with E-state index in [9.17, 15) is 4.79 Å². The van der Waals surface area contributed by atoms with Gasteiger partial charge in [0.15, 0.2) is 0 Å². The van der Waals surface area contributed by atoms with Gasteiger partial charge in [0, 0.05) is 23.2 Å². The molecule has 0 bridgehead atoms. The van der Waals surface area contributed by atoms with E-state index in [1.807, 2.05) is 41.3 Å². The molecule has 2 aromatic carbocycles. The first-order chi connectivity index (χ1) is 10.1. The van der Waals surface area contributed by atoms with Gasteiger partial charge in [-0.3, -0.25) is 4.79 Å². The summed E-state index contributed by atoms with van der Waals surface area (Å²) in [7, 11) is 0. The van der Waals surface area contributed by atoms with Crippen LogP contribution in [-0.2, 0) is 24.2 Å². The van der Waals surface area contributed by atoms with Gasteiger partial charge in [0.1, 0.15) is 0 Å². The largest absolute Gasteiger partial charge is 0.399 e. The Bertz CT molecular complexity index is 667. The summed E-state index contributed by atoms with van der Waals surface area (Å²) < 4.78 is 1.03. The number of carbonyl (C=O) groups excluding carboxylic acids is 1. The van der Waals surface area contributed by atoms with E-state index in [0.29, 0.717) is 13.0 Å². The molecule has 1 aliphatic rings. The van der Waals surface area contributed by atoms with Crippen LogP contribution in [0.3, 0.4) is 0 Å². The molecular weight excluding hydrogens is 328 g/mol. The fourth-order valence-electron chi connectivity index (χ4n) is 2.68. The summed E-state index contributed by atoms with van der Waals surface area (Å²) >= 11 is 3.41. The fraction of sp³-hybridized carbons (Fsp3) is 0.235. The lowest BCUT2D eigenvalue weighted by Crippen LogP contribution is -2.36. The number of fused-ring (bicyclic) bond motifs is 1. The molecule has 1 aliphatic heterocycles. The topological polar surface area (TPSA) is 46.3 Å². The van der Waals surface area contributed by atoms with Crippen LogP contribution < -0.4 is 5.73 Å². The van der Waals surface area contributed by atoms with E-state index in [-0.39, 0.29) is 5.91 Å². The van der Waals surface area contributed by atoms with E-state index in [1.165, 1.54) is 11.1 Å². The molecule has 4 heteroatoms. The van der Waals surface area contributed by atoms with Gasteiger partial charge in [0.2, 0.25) is 5.91 Å². The van der Waals surface area contributed by atoms with Crippen molar-refractivity contribution in [3.8, 4) is 0 Å². The quantitative estimate of drug-likeness (QED) is 0.850. The number of benzene rings is 2. The number of hydrogen-bond acceptors (Lipinski definition) is 2. The van der Waals surface area contributed by atoms with Gasteiger partial charge >= 0.3 is 0 Å². The maximum Gasteiger partial charge on any atom is 0.227 e. The molecule has 0 atom stereocenters. The molecule has 0 saturated carbocycles. The molecule has 1 heterocycles. The summed E-state index contributed by atoms with van der Waals surface area (Å²) in [5.41, 5.74) is 10.1. The molecule has 1 amide bonds. The van der Waals surface area contributed by atoms with Crippen molar-refractivity contribution in [3.63, 3.8) is 0 Å². The van der Waals surface area contributed by atoms with Gasteiger partial charge in [-0.15, -0.1) is 0 Å². The van der Waals surface area contributed by atoms with Crippen molar-refractivity contribution < 1.29 is 4.79 Å². The number of hydrogen-bond donors (Lipinski definition) is 1. The van der Waals surface area contributed by atoms with Crippen LogP contribution in [0.5, 0.6) is 0 Å². The van der Waals surface area contributed by atoms with Crippen LogP contribution in [0.15, 0.2) is 46.9 Å². The van der Waals surface area contributed by atoms with E-state index < -0.39 is 0 Å². The average Bonchev–Trinajstić information content (AvgIpc) is 2.48. The molecule has 2 aromatic rings. The second-order valence-electron chi connectivity index (χ2n) is 5.40. The zero-order valence-corrected chi connectivity index (χ0v) is 13.3. The molecule has 0 radical (unpaired) electrons. The van der Waals surface area contributed by atoms with Gasteiger partial charge in [-0.2, -0.15) is 0 Å². The molecule has 0 unspecified atom stereocenters. The Kier molecular flexibility index (Phi) is 3.97. The molecule has 2 N–H and O–H groups in total. The smallest absolute Gasteiger partial charge is 0.227 e. The Morgan fingerprint density at radius 3 is 2.67 bits per heavy atom. The van der Waals surface area contributed by atoms with Crippen LogP contribution in [0, 0.1) is 0 Å². The number of nitrogens with two attached hydrogens (primary N) is 1. The molecule has 0 aliphatic carbocycles.